The second-order valence-corrected chi connectivity index (χ2v) is 5.40. The van der Waals surface area contributed by atoms with Crippen molar-refractivity contribution in [3.05, 3.63) is 69.2 Å². The number of rotatable bonds is 4. The lowest BCUT2D eigenvalue weighted by molar-refractivity contribution is 0.695. The zero-order valence-electron chi connectivity index (χ0n) is 10.8. The SMILES string of the molecule is N#Cc1cccc(CC(CN)c2c(Cl)cccc2Cl)c1. The molecule has 0 spiro atoms. The fraction of sp³-hybridized carbons (Fsp3) is 0.188. The maximum Gasteiger partial charge on any atom is 0.0991 e. The average Bonchev–Trinajstić information content (AvgIpc) is 2.46. The molecule has 0 saturated heterocycles. The first-order valence-electron chi connectivity index (χ1n) is 6.28. The van der Waals surface area contributed by atoms with Gasteiger partial charge in [-0.1, -0.05) is 41.4 Å². The fourth-order valence-corrected chi connectivity index (χ4v) is 2.96. The monoisotopic (exact) mass is 304 g/mol. The predicted octanol–water partition coefficient (Wildman–Crippen LogP) is 4.15. The number of halogens is 2. The van der Waals surface area contributed by atoms with E-state index < -0.39 is 0 Å². The number of nitriles is 1. The van der Waals surface area contributed by atoms with Gasteiger partial charge in [-0.05, 0) is 48.4 Å². The Labute approximate surface area is 128 Å². The highest BCUT2D eigenvalue weighted by Crippen LogP contribution is 2.33. The lowest BCUT2D eigenvalue weighted by Gasteiger charge is -2.18. The molecule has 4 heteroatoms. The van der Waals surface area contributed by atoms with Crippen LogP contribution in [0.2, 0.25) is 10.0 Å². The number of benzene rings is 2. The van der Waals surface area contributed by atoms with Crippen molar-refractivity contribution in [2.45, 2.75) is 12.3 Å². The number of nitrogens with two attached hydrogens (primary N) is 1. The van der Waals surface area contributed by atoms with Crippen molar-refractivity contribution in [2.75, 3.05) is 6.54 Å². The molecule has 0 aliphatic heterocycles. The minimum Gasteiger partial charge on any atom is -0.330 e. The summed E-state index contributed by atoms with van der Waals surface area (Å²) in [7, 11) is 0. The van der Waals surface area contributed by atoms with E-state index in [2.05, 4.69) is 6.07 Å². The van der Waals surface area contributed by atoms with Gasteiger partial charge >= 0.3 is 0 Å². The van der Waals surface area contributed by atoms with Crippen LogP contribution < -0.4 is 5.73 Å². The second-order valence-electron chi connectivity index (χ2n) is 4.58. The van der Waals surface area contributed by atoms with E-state index in [4.69, 9.17) is 34.2 Å². The molecule has 0 aliphatic carbocycles. The lowest BCUT2D eigenvalue weighted by atomic mass is 9.91. The smallest absolute Gasteiger partial charge is 0.0991 e. The molecule has 0 bridgehead atoms. The molecular formula is C16H14Cl2N2. The van der Waals surface area contributed by atoms with E-state index in [9.17, 15) is 0 Å². The zero-order chi connectivity index (χ0) is 14.5. The Hall–Kier alpha value is -1.53. The Bertz CT molecular complexity index is 627. The molecule has 2 nitrogen and oxygen atoms in total. The summed E-state index contributed by atoms with van der Waals surface area (Å²) in [6, 6.07) is 15.1. The maximum atomic E-state index is 8.94. The Morgan fingerprint density at radius 2 is 1.75 bits per heavy atom. The highest BCUT2D eigenvalue weighted by molar-refractivity contribution is 6.36. The topological polar surface area (TPSA) is 49.8 Å². The van der Waals surface area contributed by atoms with Crippen LogP contribution in [0.3, 0.4) is 0 Å². The normalized spacial score (nSPS) is 11.9. The summed E-state index contributed by atoms with van der Waals surface area (Å²) < 4.78 is 0. The zero-order valence-corrected chi connectivity index (χ0v) is 12.3. The van der Waals surface area contributed by atoms with Crippen molar-refractivity contribution < 1.29 is 0 Å². The molecule has 0 saturated carbocycles. The van der Waals surface area contributed by atoms with Crippen LogP contribution in [0, 0.1) is 11.3 Å². The molecule has 2 N–H and O–H groups in total. The molecule has 2 aromatic rings. The Morgan fingerprint density at radius 1 is 1.10 bits per heavy atom. The van der Waals surface area contributed by atoms with Gasteiger partial charge < -0.3 is 5.73 Å². The highest BCUT2D eigenvalue weighted by Gasteiger charge is 2.17. The van der Waals surface area contributed by atoms with Crippen LogP contribution in [0.1, 0.15) is 22.6 Å². The Kier molecular flexibility index (Phi) is 5.03. The predicted molar refractivity (Wildman–Crippen MR) is 83.1 cm³/mol. The van der Waals surface area contributed by atoms with Gasteiger partial charge in [0.25, 0.3) is 0 Å². The van der Waals surface area contributed by atoms with E-state index in [0.717, 1.165) is 11.1 Å². The molecule has 1 atom stereocenters. The summed E-state index contributed by atoms with van der Waals surface area (Å²) in [6.07, 6.45) is 0.704. The Morgan fingerprint density at radius 3 is 2.35 bits per heavy atom. The summed E-state index contributed by atoms with van der Waals surface area (Å²) in [5.74, 6) is 0.0325. The average molecular weight is 305 g/mol. The van der Waals surface area contributed by atoms with Crippen molar-refractivity contribution in [3.63, 3.8) is 0 Å². The van der Waals surface area contributed by atoms with Crippen LogP contribution in [-0.2, 0) is 6.42 Å². The molecule has 0 radical (unpaired) electrons. The number of hydrogen-bond acceptors (Lipinski definition) is 2. The van der Waals surface area contributed by atoms with Crippen molar-refractivity contribution >= 4 is 23.2 Å². The van der Waals surface area contributed by atoms with Crippen LogP contribution in [-0.4, -0.2) is 6.54 Å². The third kappa shape index (κ3) is 3.32. The summed E-state index contributed by atoms with van der Waals surface area (Å²) in [6.45, 7) is 0.445. The minimum absolute atomic E-state index is 0.0325. The van der Waals surface area contributed by atoms with Gasteiger partial charge in [-0.15, -0.1) is 0 Å². The summed E-state index contributed by atoms with van der Waals surface area (Å²) in [4.78, 5) is 0. The number of nitrogens with zero attached hydrogens (tertiary/aromatic N) is 1. The Balaban J connectivity index is 2.32. The quantitative estimate of drug-likeness (QED) is 0.922. The van der Waals surface area contributed by atoms with Crippen LogP contribution >= 0.6 is 23.2 Å². The van der Waals surface area contributed by atoms with Gasteiger partial charge in [-0.3, -0.25) is 0 Å². The van der Waals surface area contributed by atoms with Gasteiger partial charge in [0.1, 0.15) is 0 Å². The molecule has 0 heterocycles. The summed E-state index contributed by atoms with van der Waals surface area (Å²) in [5, 5.41) is 10.2. The van der Waals surface area contributed by atoms with Crippen LogP contribution in [0.5, 0.6) is 0 Å². The second kappa shape index (κ2) is 6.76. The van der Waals surface area contributed by atoms with E-state index in [1.807, 2.05) is 36.4 Å². The van der Waals surface area contributed by atoms with Crippen LogP contribution in [0.15, 0.2) is 42.5 Å². The van der Waals surface area contributed by atoms with Crippen molar-refractivity contribution in [2.24, 2.45) is 5.73 Å². The van der Waals surface area contributed by atoms with Gasteiger partial charge in [0.2, 0.25) is 0 Å². The molecule has 0 fully saturated rings. The fourth-order valence-electron chi connectivity index (χ4n) is 2.26. The van der Waals surface area contributed by atoms with Crippen molar-refractivity contribution in [3.8, 4) is 6.07 Å². The third-order valence-corrected chi connectivity index (χ3v) is 3.89. The standard InChI is InChI=1S/C16H14Cl2N2/c17-14-5-2-6-15(18)16(14)13(10-20)8-11-3-1-4-12(7-11)9-19/h1-7,13H,8,10,20H2. The van der Waals surface area contributed by atoms with Gasteiger partial charge in [-0.25, -0.2) is 0 Å². The van der Waals surface area contributed by atoms with E-state index >= 15 is 0 Å². The van der Waals surface area contributed by atoms with E-state index in [0.29, 0.717) is 28.6 Å². The first-order chi connectivity index (χ1) is 9.65. The highest BCUT2D eigenvalue weighted by atomic mass is 35.5. The molecule has 2 aromatic carbocycles. The molecule has 20 heavy (non-hydrogen) atoms. The first kappa shape index (κ1) is 14.9. The maximum absolute atomic E-state index is 8.94. The van der Waals surface area contributed by atoms with Crippen molar-refractivity contribution in [1.29, 1.82) is 5.26 Å². The van der Waals surface area contributed by atoms with E-state index in [1.165, 1.54) is 0 Å². The largest absolute Gasteiger partial charge is 0.330 e. The third-order valence-electron chi connectivity index (χ3n) is 3.23. The van der Waals surface area contributed by atoms with Gasteiger partial charge in [0.15, 0.2) is 0 Å². The van der Waals surface area contributed by atoms with Crippen LogP contribution in [0.25, 0.3) is 0 Å². The minimum atomic E-state index is 0.0325. The number of hydrogen-bond donors (Lipinski definition) is 1. The molecule has 0 aliphatic rings. The first-order valence-corrected chi connectivity index (χ1v) is 7.04. The molecule has 102 valence electrons. The lowest BCUT2D eigenvalue weighted by Crippen LogP contribution is -2.16. The summed E-state index contributed by atoms with van der Waals surface area (Å²) >= 11 is 12.5. The molecular weight excluding hydrogens is 291 g/mol. The summed E-state index contributed by atoms with van der Waals surface area (Å²) in [5.41, 5.74) is 8.45. The molecule has 1 unspecified atom stereocenters. The van der Waals surface area contributed by atoms with Gasteiger partial charge in [0, 0.05) is 16.0 Å². The van der Waals surface area contributed by atoms with Crippen LogP contribution in [0.4, 0.5) is 0 Å². The van der Waals surface area contributed by atoms with Crippen molar-refractivity contribution in [1.82, 2.24) is 0 Å². The van der Waals surface area contributed by atoms with E-state index in [-0.39, 0.29) is 5.92 Å². The molecule has 0 aromatic heterocycles. The van der Waals surface area contributed by atoms with E-state index in [1.54, 1.807) is 6.07 Å². The van der Waals surface area contributed by atoms with Gasteiger partial charge in [-0.2, -0.15) is 5.26 Å². The van der Waals surface area contributed by atoms with Gasteiger partial charge in [0.05, 0.1) is 11.6 Å². The molecule has 0 amide bonds. The molecule has 2 rings (SSSR count).